The predicted molar refractivity (Wildman–Crippen MR) is 89.5 cm³/mol. The van der Waals surface area contributed by atoms with E-state index in [0.717, 1.165) is 39.0 Å². The molecule has 1 fully saturated rings. The molecular formula is C17H26ClFN2. The number of nitrogens with zero attached hydrogens (tertiary/aromatic N) is 1. The van der Waals surface area contributed by atoms with Crippen LogP contribution in [0.15, 0.2) is 36.9 Å². The van der Waals surface area contributed by atoms with Gasteiger partial charge in [0.15, 0.2) is 0 Å². The zero-order chi connectivity index (χ0) is 14.2. The third kappa shape index (κ3) is 5.77. The third-order valence-corrected chi connectivity index (χ3v) is 3.98. The molecule has 1 saturated heterocycles. The Morgan fingerprint density at radius 1 is 1.19 bits per heavy atom. The van der Waals surface area contributed by atoms with Crippen LogP contribution in [-0.4, -0.2) is 31.1 Å². The number of nitrogens with one attached hydrogen (secondary N) is 1. The van der Waals surface area contributed by atoms with Gasteiger partial charge in [0.05, 0.1) is 0 Å². The number of rotatable bonds is 7. The minimum Gasteiger partial charge on any atom is -0.314 e. The molecule has 1 aliphatic heterocycles. The van der Waals surface area contributed by atoms with Crippen molar-refractivity contribution in [1.29, 1.82) is 0 Å². The summed E-state index contributed by atoms with van der Waals surface area (Å²) in [5, 5.41) is 3.39. The van der Waals surface area contributed by atoms with Crippen molar-refractivity contribution in [2.24, 2.45) is 0 Å². The normalized spacial score (nSPS) is 17.0. The van der Waals surface area contributed by atoms with Crippen molar-refractivity contribution >= 4 is 12.4 Å². The summed E-state index contributed by atoms with van der Waals surface area (Å²) in [6.45, 7) is 8.01. The van der Waals surface area contributed by atoms with E-state index in [1.54, 1.807) is 12.1 Å². The van der Waals surface area contributed by atoms with Gasteiger partial charge in [-0.1, -0.05) is 24.6 Å². The van der Waals surface area contributed by atoms with Gasteiger partial charge in [0, 0.05) is 32.2 Å². The molecule has 0 amide bonds. The van der Waals surface area contributed by atoms with Crippen molar-refractivity contribution in [2.45, 2.75) is 31.7 Å². The SMILES string of the molecule is C=CCCCC[C@@H](c1ccc(F)cc1)N1CCNCC1.Cl. The smallest absolute Gasteiger partial charge is 0.123 e. The summed E-state index contributed by atoms with van der Waals surface area (Å²) >= 11 is 0. The van der Waals surface area contributed by atoms with Gasteiger partial charge in [0.25, 0.3) is 0 Å². The van der Waals surface area contributed by atoms with Gasteiger partial charge in [-0.3, -0.25) is 4.90 Å². The number of piperazine rings is 1. The summed E-state index contributed by atoms with van der Waals surface area (Å²) < 4.78 is 13.1. The average Bonchev–Trinajstić information content (AvgIpc) is 2.50. The Balaban J connectivity index is 0.00000220. The van der Waals surface area contributed by atoms with Crippen LogP contribution in [0.25, 0.3) is 0 Å². The Morgan fingerprint density at radius 3 is 2.48 bits per heavy atom. The maximum atomic E-state index is 13.1. The molecule has 1 atom stereocenters. The van der Waals surface area contributed by atoms with Crippen LogP contribution in [-0.2, 0) is 0 Å². The molecule has 0 radical (unpaired) electrons. The van der Waals surface area contributed by atoms with E-state index in [4.69, 9.17) is 0 Å². The van der Waals surface area contributed by atoms with E-state index >= 15 is 0 Å². The van der Waals surface area contributed by atoms with Gasteiger partial charge in [0.2, 0.25) is 0 Å². The van der Waals surface area contributed by atoms with Crippen LogP contribution in [0.5, 0.6) is 0 Å². The van der Waals surface area contributed by atoms with Gasteiger partial charge in [0.1, 0.15) is 5.82 Å². The lowest BCUT2D eigenvalue weighted by Crippen LogP contribution is -2.45. The second-order valence-electron chi connectivity index (χ2n) is 5.43. The lowest BCUT2D eigenvalue weighted by molar-refractivity contribution is 0.163. The monoisotopic (exact) mass is 312 g/mol. The molecule has 21 heavy (non-hydrogen) atoms. The van der Waals surface area contributed by atoms with E-state index in [2.05, 4.69) is 16.8 Å². The van der Waals surface area contributed by atoms with E-state index in [0.29, 0.717) is 6.04 Å². The Bertz CT molecular complexity index is 402. The van der Waals surface area contributed by atoms with Crippen LogP contribution >= 0.6 is 12.4 Å². The lowest BCUT2D eigenvalue weighted by Gasteiger charge is -2.35. The summed E-state index contributed by atoms with van der Waals surface area (Å²) in [6, 6.07) is 7.45. The van der Waals surface area contributed by atoms with Gasteiger partial charge in [-0.15, -0.1) is 19.0 Å². The molecule has 118 valence electrons. The standard InChI is InChI=1S/C17H25FN2.ClH/c1-2-3-4-5-6-17(20-13-11-19-12-14-20)15-7-9-16(18)10-8-15;/h2,7-10,17,19H,1,3-6,11-14H2;1H/t17-;/m0./s1. The molecule has 0 spiro atoms. The fourth-order valence-electron chi connectivity index (χ4n) is 2.87. The highest BCUT2D eigenvalue weighted by molar-refractivity contribution is 5.85. The second kappa shape index (κ2) is 9.93. The molecule has 0 aromatic heterocycles. The summed E-state index contributed by atoms with van der Waals surface area (Å²) in [6.07, 6.45) is 6.58. The fraction of sp³-hybridized carbons (Fsp3) is 0.529. The molecular weight excluding hydrogens is 287 g/mol. The molecule has 1 aromatic carbocycles. The number of hydrogen-bond donors (Lipinski definition) is 1. The highest BCUT2D eigenvalue weighted by Gasteiger charge is 2.21. The molecule has 1 aliphatic rings. The molecule has 0 aliphatic carbocycles. The molecule has 1 heterocycles. The number of unbranched alkanes of at least 4 members (excludes halogenated alkanes) is 2. The first-order chi connectivity index (χ1) is 9.81. The average molecular weight is 313 g/mol. The zero-order valence-electron chi connectivity index (χ0n) is 12.6. The number of allylic oxidation sites excluding steroid dienone is 1. The summed E-state index contributed by atoms with van der Waals surface area (Å²) in [5.74, 6) is -0.153. The van der Waals surface area contributed by atoms with Crippen molar-refractivity contribution in [1.82, 2.24) is 10.2 Å². The Morgan fingerprint density at radius 2 is 1.86 bits per heavy atom. The molecule has 4 heteroatoms. The molecule has 2 rings (SSSR count). The Kier molecular flexibility index (Phi) is 8.58. The van der Waals surface area contributed by atoms with Gasteiger partial charge >= 0.3 is 0 Å². The fourth-order valence-corrected chi connectivity index (χ4v) is 2.87. The quantitative estimate of drug-likeness (QED) is 0.606. The first kappa shape index (κ1) is 18.1. The number of hydrogen-bond acceptors (Lipinski definition) is 2. The van der Waals surface area contributed by atoms with E-state index in [-0.39, 0.29) is 18.2 Å². The minimum atomic E-state index is -0.153. The maximum Gasteiger partial charge on any atom is 0.123 e. The van der Waals surface area contributed by atoms with Crippen molar-refractivity contribution < 1.29 is 4.39 Å². The van der Waals surface area contributed by atoms with Crippen LogP contribution in [0.3, 0.4) is 0 Å². The first-order valence-electron chi connectivity index (χ1n) is 7.62. The summed E-state index contributed by atoms with van der Waals surface area (Å²) in [7, 11) is 0. The van der Waals surface area contributed by atoms with Gasteiger partial charge in [-0.05, 0) is 37.0 Å². The summed E-state index contributed by atoms with van der Waals surface area (Å²) in [5.41, 5.74) is 1.24. The van der Waals surface area contributed by atoms with Crippen LogP contribution in [0.2, 0.25) is 0 Å². The van der Waals surface area contributed by atoms with Crippen LogP contribution in [0.4, 0.5) is 4.39 Å². The van der Waals surface area contributed by atoms with Crippen LogP contribution in [0.1, 0.15) is 37.3 Å². The van der Waals surface area contributed by atoms with Gasteiger partial charge < -0.3 is 5.32 Å². The van der Waals surface area contributed by atoms with E-state index in [9.17, 15) is 4.39 Å². The Labute approximate surface area is 133 Å². The molecule has 0 bridgehead atoms. The third-order valence-electron chi connectivity index (χ3n) is 3.98. The molecule has 0 unspecified atom stereocenters. The zero-order valence-corrected chi connectivity index (χ0v) is 13.4. The van der Waals surface area contributed by atoms with Gasteiger partial charge in [-0.25, -0.2) is 4.39 Å². The highest BCUT2D eigenvalue weighted by atomic mass is 35.5. The lowest BCUT2D eigenvalue weighted by atomic mass is 9.98. The van der Waals surface area contributed by atoms with Crippen molar-refractivity contribution in [3.8, 4) is 0 Å². The molecule has 2 nitrogen and oxygen atoms in total. The Hall–Kier alpha value is -0.900. The van der Waals surface area contributed by atoms with E-state index in [1.165, 1.54) is 18.4 Å². The van der Waals surface area contributed by atoms with Crippen LogP contribution in [0, 0.1) is 5.82 Å². The number of halogens is 2. The number of benzene rings is 1. The van der Waals surface area contributed by atoms with Crippen molar-refractivity contribution in [2.75, 3.05) is 26.2 Å². The van der Waals surface area contributed by atoms with E-state index in [1.807, 2.05) is 18.2 Å². The first-order valence-corrected chi connectivity index (χ1v) is 7.62. The largest absolute Gasteiger partial charge is 0.314 e. The van der Waals surface area contributed by atoms with Crippen LogP contribution < -0.4 is 5.32 Å². The molecule has 1 aromatic rings. The van der Waals surface area contributed by atoms with E-state index < -0.39 is 0 Å². The van der Waals surface area contributed by atoms with Crippen molar-refractivity contribution in [3.63, 3.8) is 0 Å². The minimum absolute atomic E-state index is 0. The van der Waals surface area contributed by atoms with Gasteiger partial charge in [-0.2, -0.15) is 0 Å². The highest BCUT2D eigenvalue weighted by Crippen LogP contribution is 2.27. The second-order valence-corrected chi connectivity index (χ2v) is 5.43. The molecule has 1 N–H and O–H groups in total. The predicted octanol–water partition coefficient (Wildman–Crippen LogP) is 3.94. The van der Waals surface area contributed by atoms with Crippen molar-refractivity contribution in [3.05, 3.63) is 48.3 Å². The maximum absolute atomic E-state index is 13.1. The molecule has 0 saturated carbocycles. The topological polar surface area (TPSA) is 15.3 Å². The summed E-state index contributed by atoms with van der Waals surface area (Å²) in [4.78, 5) is 2.53.